The van der Waals surface area contributed by atoms with Crippen LogP contribution in [0.25, 0.3) is 10.8 Å². The lowest BCUT2D eigenvalue weighted by Crippen LogP contribution is -2.31. The molecule has 6 heteroatoms. The Hall–Kier alpha value is -4.76. The van der Waals surface area contributed by atoms with E-state index in [-0.39, 0.29) is 5.88 Å². The lowest BCUT2D eigenvalue weighted by atomic mass is 9.82. The van der Waals surface area contributed by atoms with Gasteiger partial charge in [-0.25, -0.2) is 0 Å². The van der Waals surface area contributed by atoms with Crippen molar-refractivity contribution in [1.82, 2.24) is 5.32 Å². The molecule has 1 aliphatic heterocycles. The number of para-hydroxylation sites is 1. The van der Waals surface area contributed by atoms with E-state index in [1.54, 1.807) is 31.4 Å². The summed E-state index contributed by atoms with van der Waals surface area (Å²) >= 11 is 0. The Balaban J connectivity index is 1.67. The zero-order valence-electron chi connectivity index (χ0n) is 19.2. The highest BCUT2D eigenvalue weighted by Crippen LogP contribution is 2.46. The third-order valence-corrected chi connectivity index (χ3v) is 6.11. The van der Waals surface area contributed by atoms with Crippen molar-refractivity contribution in [3.8, 4) is 23.3 Å². The average Bonchev–Trinajstić information content (AvgIpc) is 2.92. The van der Waals surface area contributed by atoms with Crippen LogP contribution >= 0.6 is 0 Å². The number of carbonyl (C=O) groups is 1. The summed E-state index contributed by atoms with van der Waals surface area (Å²) in [6.07, 6.45) is 0. The van der Waals surface area contributed by atoms with E-state index in [1.807, 2.05) is 60.7 Å². The van der Waals surface area contributed by atoms with Crippen LogP contribution in [0.1, 0.15) is 27.4 Å². The van der Waals surface area contributed by atoms with Crippen molar-refractivity contribution >= 4 is 16.7 Å². The second-order valence-corrected chi connectivity index (χ2v) is 8.02. The predicted octanol–water partition coefficient (Wildman–Crippen LogP) is 5.55. The minimum Gasteiger partial charge on any atom is -0.497 e. The maximum atomic E-state index is 13.2. The zero-order valence-corrected chi connectivity index (χ0v) is 19.2. The molecule has 0 unspecified atom stereocenters. The Morgan fingerprint density at radius 3 is 2.40 bits per heavy atom. The number of hydrogen-bond acceptors (Lipinski definition) is 5. The predicted molar refractivity (Wildman–Crippen MR) is 133 cm³/mol. The number of methoxy groups -OCH3 is 2. The molecule has 0 spiro atoms. The van der Waals surface area contributed by atoms with Crippen LogP contribution in [0, 0.1) is 11.3 Å². The summed E-state index contributed by atoms with van der Waals surface area (Å²) in [5, 5.41) is 14.9. The molecule has 1 heterocycles. The van der Waals surface area contributed by atoms with Crippen LogP contribution in [0.2, 0.25) is 0 Å². The second-order valence-electron chi connectivity index (χ2n) is 8.02. The maximum absolute atomic E-state index is 13.2. The van der Waals surface area contributed by atoms with Gasteiger partial charge in [0, 0.05) is 10.9 Å². The van der Waals surface area contributed by atoms with Crippen molar-refractivity contribution in [2.24, 2.45) is 0 Å². The van der Waals surface area contributed by atoms with Crippen molar-refractivity contribution in [3.05, 3.63) is 113 Å². The summed E-state index contributed by atoms with van der Waals surface area (Å²) in [5.41, 5.74) is 2.38. The number of fused-ring (bicyclic) bond motifs is 3. The second kappa shape index (κ2) is 9.24. The molecule has 0 saturated heterocycles. The van der Waals surface area contributed by atoms with Gasteiger partial charge in [0.05, 0.1) is 25.7 Å². The summed E-state index contributed by atoms with van der Waals surface area (Å²) < 4.78 is 16.9. The number of nitrogens with one attached hydrogen (secondary N) is 1. The Morgan fingerprint density at radius 1 is 0.914 bits per heavy atom. The highest BCUT2D eigenvalue weighted by Gasteiger charge is 2.33. The van der Waals surface area contributed by atoms with Crippen LogP contribution in [-0.2, 0) is 0 Å². The van der Waals surface area contributed by atoms with E-state index in [0.717, 1.165) is 21.9 Å². The first kappa shape index (κ1) is 22.1. The minimum absolute atomic E-state index is 0.105. The zero-order chi connectivity index (χ0) is 24.4. The number of benzene rings is 4. The molecule has 0 saturated carbocycles. The number of amides is 1. The first-order chi connectivity index (χ1) is 17.1. The minimum atomic E-state index is -0.438. The summed E-state index contributed by atoms with van der Waals surface area (Å²) in [6, 6.07) is 28.6. The van der Waals surface area contributed by atoms with Crippen molar-refractivity contribution in [2.45, 2.75) is 5.92 Å². The maximum Gasteiger partial charge on any atom is 0.261 e. The molecule has 1 aliphatic rings. The summed E-state index contributed by atoms with van der Waals surface area (Å²) in [5.74, 6) is 0.991. The van der Waals surface area contributed by atoms with Gasteiger partial charge in [0.15, 0.2) is 0 Å². The van der Waals surface area contributed by atoms with E-state index in [0.29, 0.717) is 28.4 Å². The number of carbonyl (C=O) groups excluding carboxylic acids is 1. The van der Waals surface area contributed by atoms with E-state index in [9.17, 15) is 10.1 Å². The van der Waals surface area contributed by atoms with Gasteiger partial charge >= 0.3 is 0 Å². The van der Waals surface area contributed by atoms with Crippen molar-refractivity contribution in [3.63, 3.8) is 0 Å². The van der Waals surface area contributed by atoms with E-state index >= 15 is 0 Å². The van der Waals surface area contributed by atoms with Gasteiger partial charge in [0.25, 0.3) is 5.91 Å². The molecule has 1 atom stereocenters. The molecule has 0 fully saturated rings. The highest BCUT2D eigenvalue weighted by molar-refractivity contribution is 5.98. The Morgan fingerprint density at radius 2 is 1.66 bits per heavy atom. The molecule has 1 amide bonds. The molecule has 4 aromatic carbocycles. The van der Waals surface area contributed by atoms with Gasteiger partial charge in [-0.3, -0.25) is 10.1 Å². The van der Waals surface area contributed by atoms with Gasteiger partial charge in [0.1, 0.15) is 28.9 Å². The van der Waals surface area contributed by atoms with Gasteiger partial charge < -0.3 is 14.2 Å². The molecule has 172 valence electrons. The molecule has 0 radical (unpaired) electrons. The monoisotopic (exact) mass is 462 g/mol. The average molecular weight is 463 g/mol. The van der Waals surface area contributed by atoms with Crippen LogP contribution in [0.3, 0.4) is 0 Å². The van der Waals surface area contributed by atoms with E-state index in [4.69, 9.17) is 14.2 Å². The summed E-state index contributed by atoms with van der Waals surface area (Å²) in [4.78, 5) is 13.2. The largest absolute Gasteiger partial charge is 0.497 e. The molecule has 0 aliphatic carbocycles. The Kier molecular flexibility index (Phi) is 5.82. The number of nitrogens with zero attached hydrogens (tertiary/aromatic N) is 1. The summed E-state index contributed by atoms with van der Waals surface area (Å²) in [7, 11) is 3.11. The number of allylic oxidation sites excluding steroid dienone is 1. The lowest BCUT2D eigenvalue weighted by molar-refractivity contribution is 0.0945. The van der Waals surface area contributed by atoms with E-state index in [2.05, 4.69) is 11.4 Å². The van der Waals surface area contributed by atoms with E-state index in [1.165, 1.54) is 7.11 Å². The number of ether oxygens (including phenoxy) is 3. The number of hydrogen-bond donors (Lipinski definition) is 1. The van der Waals surface area contributed by atoms with Gasteiger partial charge in [-0.1, -0.05) is 60.7 Å². The molecule has 0 bridgehead atoms. The molecule has 4 aromatic rings. The van der Waals surface area contributed by atoms with Crippen molar-refractivity contribution in [2.75, 3.05) is 14.2 Å². The van der Waals surface area contributed by atoms with Crippen LogP contribution in [0.4, 0.5) is 0 Å². The van der Waals surface area contributed by atoms with Gasteiger partial charge in [-0.2, -0.15) is 5.26 Å². The molecule has 0 aromatic heterocycles. The molecule has 1 N–H and O–H groups in total. The van der Waals surface area contributed by atoms with E-state index < -0.39 is 11.8 Å². The smallest absolute Gasteiger partial charge is 0.261 e. The quantitative estimate of drug-likeness (QED) is 0.421. The molecular formula is C29H22N2O4. The first-order valence-electron chi connectivity index (χ1n) is 11.1. The van der Waals surface area contributed by atoms with Crippen molar-refractivity contribution in [1.29, 1.82) is 5.26 Å². The van der Waals surface area contributed by atoms with Crippen LogP contribution in [0.15, 0.2) is 96.4 Å². The lowest BCUT2D eigenvalue weighted by Gasteiger charge is -2.29. The first-order valence-corrected chi connectivity index (χ1v) is 11.1. The molecular weight excluding hydrogens is 440 g/mol. The van der Waals surface area contributed by atoms with Crippen molar-refractivity contribution < 1.29 is 19.0 Å². The fourth-order valence-electron chi connectivity index (χ4n) is 4.40. The topological polar surface area (TPSA) is 80.6 Å². The number of rotatable bonds is 5. The SMILES string of the molecule is COc1ccc([C@H]2C(C#N)=C(NC(=O)c3ccccc3OC)Oc3c2ccc2ccccc32)cc1. The number of nitriles is 1. The Labute approximate surface area is 203 Å². The molecule has 6 nitrogen and oxygen atoms in total. The molecule has 35 heavy (non-hydrogen) atoms. The standard InChI is InChI=1S/C29H22N2O4/c1-33-20-14-11-19(12-15-20)26-23-16-13-18-7-3-4-8-21(18)27(23)35-29(24(26)17-30)31-28(32)22-9-5-6-10-25(22)34-2/h3-16,26H,1-2H3,(H,31,32)/t26-/m1/s1. The van der Waals surface area contributed by atoms with Gasteiger partial charge in [0.2, 0.25) is 5.88 Å². The van der Waals surface area contributed by atoms with Gasteiger partial charge in [-0.05, 0) is 35.2 Å². The highest BCUT2D eigenvalue weighted by atomic mass is 16.5. The fraction of sp³-hybridized carbons (Fsp3) is 0.103. The van der Waals surface area contributed by atoms with Crippen LogP contribution < -0.4 is 19.5 Å². The molecule has 5 rings (SSSR count). The fourth-order valence-corrected chi connectivity index (χ4v) is 4.40. The Bertz CT molecular complexity index is 1500. The van der Waals surface area contributed by atoms with Gasteiger partial charge in [-0.15, -0.1) is 0 Å². The summed E-state index contributed by atoms with van der Waals surface area (Å²) in [6.45, 7) is 0. The normalized spacial score (nSPS) is 14.5. The third-order valence-electron chi connectivity index (χ3n) is 6.11. The third kappa shape index (κ3) is 3.94. The van der Waals surface area contributed by atoms with Crippen LogP contribution in [-0.4, -0.2) is 20.1 Å². The van der Waals surface area contributed by atoms with Crippen LogP contribution in [0.5, 0.6) is 17.2 Å².